The number of halogens is 11. The first-order valence-corrected chi connectivity index (χ1v) is 33.5. The van der Waals surface area contributed by atoms with Crippen molar-refractivity contribution in [1.82, 2.24) is 29.9 Å². The summed E-state index contributed by atoms with van der Waals surface area (Å²) in [6.45, 7) is 9.31. The van der Waals surface area contributed by atoms with Crippen LogP contribution < -0.4 is 14.1 Å². The molecule has 0 aliphatic heterocycles. The minimum Gasteiger partial charge on any atom is -0.481 e. The van der Waals surface area contributed by atoms with E-state index < -0.39 is 198 Å². The Labute approximate surface area is 526 Å². The summed E-state index contributed by atoms with van der Waals surface area (Å²) in [4.78, 5) is 46.6. The molecule has 3 aromatic heterocycles. The van der Waals surface area contributed by atoms with Gasteiger partial charge in [0, 0.05) is 52.3 Å². The maximum Gasteiger partial charge on any atom is 0.530 e. The molecular weight excluding hydrogens is 1320 g/mol. The van der Waals surface area contributed by atoms with Gasteiger partial charge < -0.3 is 14.9 Å². The number of nitrogens with zero attached hydrogens (tertiary/aromatic N) is 6. The van der Waals surface area contributed by atoms with Gasteiger partial charge in [0.25, 0.3) is 5.92 Å². The molecule has 2 N–H and O–H groups in total. The molecule has 19 nitrogen and oxygen atoms in total. The average Bonchev–Trinajstić information content (AvgIpc) is 1.52. The van der Waals surface area contributed by atoms with Crippen LogP contribution >= 0.6 is 19.4 Å². The highest BCUT2D eigenvalue weighted by Crippen LogP contribution is 2.68. The topological polar surface area (TPSA) is 248 Å². The Morgan fingerprint density at radius 3 is 2.05 bits per heavy atom. The fourth-order valence-electron chi connectivity index (χ4n) is 11.1. The van der Waals surface area contributed by atoms with Crippen molar-refractivity contribution in [1.29, 1.82) is 0 Å². The number of amides is 2. The van der Waals surface area contributed by atoms with E-state index in [1.807, 2.05) is 0 Å². The van der Waals surface area contributed by atoms with Gasteiger partial charge in [-0.3, -0.25) is 32.8 Å². The van der Waals surface area contributed by atoms with E-state index in [0.717, 1.165) is 42.7 Å². The molecule has 8 rings (SSSR count). The first kappa shape index (κ1) is 70.8. The van der Waals surface area contributed by atoms with E-state index >= 15 is 35.5 Å². The lowest BCUT2D eigenvalue weighted by Crippen LogP contribution is -2.40. The quantitative estimate of drug-likeness (QED) is 0.0364. The summed E-state index contributed by atoms with van der Waals surface area (Å²) < 4.78 is 235. The molecule has 2 aliphatic carbocycles. The molecule has 0 unspecified atom stereocenters. The zero-order valence-electron chi connectivity index (χ0n) is 50.9. The number of carboxylic acids is 1. The average molecular weight is 1380 g/mol. The molecule has 0 radical (unpaired) electrons. The number of anilines is 1. The SMILES string of the molecule is Cc1cc(CC(=O)O)c(C(C)(C)CC(=O)N(c2nn(CC(F)(F)F)c3c(-c4ccc(C#CC(C)(C)S(C)(=O)=O)nc4[C@H](Cc4cc(F)cc(F)c4)NC(=O)Cn4nc(C(F)(F)F)c5c4C(F)(F)[C@@H]4C[C@H]54)ccc(Cl)c23)S(C)(=O)=O)c(OP(=O)(OC(C)C)OC(C)C)c1. The number of rotatable bonds is 22. The third kappa shape index (κ3) is 15.3. The van der Waals surface area contributed by atoms with E-state index in [1.54, 1.807) is 0 Å². The van der Waals surface area contributed by atoms with Crippen molar-refractivity contribution in [2.75, 3.05) is 16.8 Å². The van der Waals surface area contributed by atoms with Crippen LogP contribution in [-0.4, -0.2) is 99.9 Å². The molecule has 3 heterocycles. The highest BCUT2D eigenvalue weighted by Gasteiger charge is 2.68. The lowest BCUT2D eigenvalue weighted by molar-refractivity contribution is -0.143. The zero-order valence-corrected chi connectivity index (χ0v) is 54.2. The monoisotopic (exact) mass is 1380 g/mol. The van der Waals surface area contributed by atoms with Gasteiger partial charge in [-0.2, -0.15) is 49.6 Å². The molecule has 2 amide bonds. The van der Waals surface area contributed by atoms with Gasteiger partial charge in [0.15, 0.2) is 21.3 Å². The van der Waals surface area contributed by atoms with Gasteiger partial charge in [0.1, 0.15) is 46.6 Å². The first-order chi connectivity index (χ1) is 42.1. The molecule has 33 heteroatoms. The summed E-state index contributed by atoms with van der Waals surface area (Å²) in [5.74, 6) is -9.50. The van der Waals surface area contributed by atoms with Crippen LogP contribution in [0.25, 0.3) is 22.0 Å². The smallest absolute Gasteiger partial charge is 0.481 e. The summed E-state index contributed by atoms with van der Waals surface area (Å²) in [6.07, 6.45) is -13.5. The number of sulfone groups is 1. The largest absolute Gasteiger partial charge is 0.530 e. The van der Waals surface area contributed by atoms with E-state index in [4.69, 9.17) is 25.2 Å². The van der Waals surface area contributed by atoms with Gasteiger partial charge >= 0.3 is 26.1 Å². The first-order valence-electron chi connectivity index (χ1n) is 28.0. The van der Waals surface area contributed by atoms with Crippen molar-refractivity contribution in [3.63, 3.8) is 0 Å². The number of carboxylic acid groups (broad SMARTS) is 1. The number of fused-ring (bicyclic) bond motifs is 4. The minimum absolute atomic E-state index is 0.0275. The second kappa shape index (κ2) is 25.0. The molecule has 6 aromatic rings. The molecule has 92 heavy (non-hydrogen) atoms. The normalized spacial score (nSPS) is 16.3. The van der Waals surface area contributed by atoms with Crippen molar-refractivity contribution in [2.24, 2.45) is 5.92 Å². The van der Waals surface area contributed by atoms with Gasteiger partial charge in [-0.05, 0) is 126 Å². The number of nitrogens with one attached hydrogen (secondary N) is 1. The van der Waals surface area contributed by atoms with Crippen molar-refractivity contribution in [2.45, 2.75) is 154 Å². The molecule has 0 spiro atoms. The number of phosphoric ester groups is 1. The van der Waals surface area contributed by atoms with E-state index in [2.05, 4.69) is 32.3 Å². The Hall–Kier alpha value is -7.10. The Kier molecular flexibility index (Phi) is 19.2. The highest BCUT2D eigenvalue weighted by atomic mass is 35.5. The molecule has 0 bridgehead atoms. The second-order valence-corrected chi connectivity index (χ2v) is 30.5. The predicted molar refractivity (Wildman–Crippen MR) is 316 cm³/mol. The summed E-state index contributed by atoms with van der Waals surface area (Å²) in [7, 11) is -13.7. The van der Waals surface area contributed by atoms with Crippen LogP contribution in [0.15, 0.2) is 54.6 Å². The van der Waals surface area contributed by atoms with E-state index in [9.17, 15) is 49.3 Å². The summed E-state index contributed by atoms with van der Waals surface area (Å²) in [6, 6.07) is 7.25. The third-order valence-corrected chi connectivity index (χ3v) is 20.0. The van der Waals surface area contributed by atoms with Gasteiger partial charge in [-0.25, -0.2) is 35.2 Å². The number of carbonyl (C=O) groups excluding carboxylic acids is 2. The number of benzene rings is 3. The molecular formula is C59H61ClF10N7O12PS2. The number of hydrogen-bond acceptors (Lipinski definition) is 14. The Balaban J connectivity index is 1.35. The number of alkyl halides is 8. The number of sulfonamides is 1. The van der Waals surface area contributed by atoms with E-state index in [1.165, 1.54) is 74.4 Å². The van der Waals surface area contributed by atoms with Crippen LogP contribution in [0, 0.1) is 36.3 Å². The van der Waals surface area contributed by atoms with Crippen molar-refractivity contribution >= 4 is 73.8 Å². The molecule has 3 aromatic carbocycles. The summed E-state index contributed by atoms with van der Waals surface area (Å²) in [5, 5.41) is 18.8. The van der Waals surface area contributed by atoms with Crippen LogP contribution in [0.1, 0.15) is 131 Å². The fraction of sp³-hybridized carbons (Fsp3) is 0.458. The van der Waals surface area contributed by atoms with Crippen LogP contribution in [0.3, 0.4) is 0 Å². The number of carbonyl (C=O) groups is 3. The lowest BCUT2D eigenvalue weighted by Gasteiger charge is -2.32. The van der Waals surface area contributed by atoms with Crippen LogP contribution in [-0.2, 0) is 91.3 Å². The van der Waals surface area contributed by atoms with Gasteiger partial charge in [0.2, 0.25) is 21.8 Å². The van der Waals surface area contributed by atoms with Crippen LogP contribution in [0.5, 0.6) is 5.75 Å². The predicted octanol–water partition coefficient (Wildman–Crippen LogP) is 12.2. The molecule has 0 saturated heterocycles. The van der Waals surface area contributed by atoms with E-state index in [-0.39, 0.29) is 53.8 Å². The summed E-state index contributed by atoms with van der Waals surface area (Å²) in [5.41, 5.74) is -7.97. The number of aliphatic carboxylic acids is 1. The Morgan fingerprint density at radius 1 is 0.891 bits per heavy atom. The van der Waals surface area contributed by atoms with Gasteiger partial charge in [-0.1, -0.05) is 43.5 Å². The van der Waals surface area contributed by atoms with Crippen molar-refractivity contribution < 1.29 is 98.4 Å². The Morgan fingerprint density at radius 2 is 1.50 bits per heavy atom. The third-order valence-electron chi connectivity index (χ3n) is 14.9. The minimum atomic E-state index is -5.27. The molecule has 498 valence electrons. The number of phosphoric acid groups is 1. The van der Waals surface area contributed by atoms with Crippen molar-refractivity contribution in [3.05, 3.63) is 122 Å². The van der Waals surface area contributed by atoms with Crippen molar-refractivity contribution in [3.8, 4) is 28.7 Å². The zero-order chi connectivity index (χ0) is 68.7. The maximum absolute atomic E-state index is 15.8. The molecule has 3 atom stereocenters. The molecule has 2 aliphatic rings. The lowest BCUT2D eigenvalue weighted by atomic mass is 9.77. The van der Waals surface area contributed by atoms with E-state index in [0.29, 0.717) is 17.9 Å². The van der Waals surface area contributed by atoms with Crippen LogP contribution in [0.4, 0.5) is 49.7 Å². The Bertz CT molecular complexity index is 4300. The highest BCUT2D eigenvalue weighted by molar-refractivity contribution is 7.93. The number of aryl methyl sites for hydroxylation is 1. The van der Waals surface area contributed by atoms with Gasteiger partial charge in [-0.15, -0.1) is 0 Å². The number of hydrogen-bond donors (Lipinski definition) is 2. The molecule has 1 saturated carbocycles. The maximum atomic E-state index is 15.8. The summed E-state index contributed by atoms with van der Waals surface area (Å²) >= 11 is 6.87. The van der Waals surface area contributed by atoms with Gasteiger partial charge in [0.05, 0.1) is 52.5 Å². The van der Waals surface area contributed by atoms with Crippen LogP contribution in [0.2, 0.25) is 5.02 Å². The molecule has 1 fully saturated rings. The standard InChI is InChI=1S/C59H61ClF10N7O12PS2/c1-29(2)87-90(82,88-30(3)4)89-43-19-31(5)18-33(23-46(80)81)49(43)55(6,7)26-45(79)77(92(11,85)86)54-48-41(60)15-14-38(51(48)76(74-54)28-57(63,64)65)37-13-12-36(16-17-56(8,9)91(10,83)84)71-50(37)42(22-32-20-34(61)24-35(62)21-32)72-44(78)27-75-53-47(52(73-75)59(68,69)70)39-25-40(39)58(53,66)67/h12-15,18-21,24,29-30,39-40,42H,22-23,25-28H2,1-11H3,(H,72,78)(H,80,81)/t39-,40+,42-/m0/s1. The number of aromatic nitrogens is 5. The fourth-order valence-corrected chi connectivity index (χ4v) is 14.0. The second-order valence-electron chi connectivity index (χ2n) is 24.2. The number of pyridine rings is 1.